The lowest BCUT2D eigenvalue weighted by Gasteiger charge is -2.09. The van der Waals surface area contributed by atoms with Gasteiger partial charge in [-0.1, -0.05) is 42.5 Å². The van der Waals surface area contributed by atoms with Gasteiger partial charge in [0.15, 0.2) is 0 Å². The van der Waals surface area contributed by atoms with Crippen molar-refractivity contribution >= 4 is 16.7 Å². The molecule has 0 amide bonds. The Morgan fingerprint density at radius 2 is 1.55 bits per heavy atom. The van der Waals surface area contributed by atoms with Gasteiger partial charge in [-0.15, -0.1) is 0 Å². The normalized spacial score (nSPS) is 12.0. The highest BCUT2D eigenvalue weighted by molar-refractivity contribution is 5.83. The summed E-state index contributed by atoms with van der Waals surface area (Å²) in [5.74, 6) is 0.104. The number of fused-ring (bicyclic) bond motifs is 1. The van der Waals surface area contributed by atoms with Crippen LogP contribution in [-0.2, 0) is 4.79 Å². The first kappa shape index (κ1) is 14.1. The number of carboxylic acid groups (broad SMARTS) is 1. The first-order valence-electron chi connectivity index (χ1n) is 7.13. The van der Waals surface area contributed by atoms with Gasteiger partial charge in [0.2, 0.25) is 0 Å². The van der Waals surface area contributed by atoms with Crippen molar-refractivity contribution in [3.63, 3.8) is 0 Å². The summed E-state index contributed by atoms with van der Waals surface area (Å²) in [4.78, 5) is 11.0. The molecule has 3 aromatic carbocycles. The maximum absolute atomic E-state index is 11.0. The maximum atomic E-state index is 11.0. The largest absolute Gasteiger partial charge is 0.481 e. The van der Waals surface area contributed by atoms with Crippen LogP contribution < -0.4 is 4.74 Å². The van der Waals surface area contributed by atoms with Crippen molar-refractivity contribution in [2.45, 2.75) is 12.8 Å². The Kier molecular flexibility index (Phi) is 3.79. The lowest BCUT2D eigenvalue weighted by atomic mass is 10.0. The third-order valence-corrected chi connectivity index (χ3v) is 3.71. The van der Waals surface area contributed by atoms with Gasteiger partial charge in [-0.2, -0.15) is 0 Å². The van der Waals surface area contributed by atoms with Gasteiger partial charge in [0.1, 0.15) is 11.5 Å². The van der Waals surface area contributed by atoms with Gasteiger partial charge in [-0.3, -0.25) is 4.79 Å². The first-order valence-corrected chi connectivity index (χ1v) is 7.13. The van der Waals surface area contributed by atoms with E-state index in [2.05, 4.69) is 6.07 Å². The number of benzene rings is 3. The molecule has 3 heteroatoms. The number of rotatable bonds is 4. The molecule has 0 saturated heterocycles. The van der Waals surface area contributed by atoms with E-state index in [1.807, 2.05) is 36.4 Å². The number of carboxylic acids is 1. The Balaban J connectivity index is 1.81. The molecular formula is C19H16O3. The fourth-order valence-corrected chi connectivity index (χ4v) is 2.33. The summed E-state index contributed by atoms with van der Waals surface area (Å²) in [6.45, 7) is 1.67. The molecule has 1 N–H and O–H groups in total. The lowest BCUT2D eigenvalue weighted by Crippen LogP contribution is -2.06. The fourth-order valence-electron chi connectivity index (χ4n) is 2.33. The topological polar surface area (TPSA) is 46.5 Å². The average molecular weight is 292 g/mol. The van der Waals surface area contributed by atoms with Crippen LogP contribution in [0, 0.1) is 0 Å². The molecule has 1 atom stereocenters. The highest BCUT2D eigenvalue weighted by Crippen LogP contribution is 2.27. The smallest absolute Gasteiger partial charge is 0.310 e. The van der Waals surface area contributed by atoms with Crippen LogP contribution in [0.25, 0.3) is 10.8 Å². The second-order valence-electron chi connectivity index (χ2n) is 5.24. The standard InChI is InChI=1S/C19H16O3/c1-13(19(20)21)14-6-9-17(10-7-14)22-18-11-8-15-4-2-3-5-16(15)12-18/h2-13H,1H3,(H,20,21). The van der Waals surface area contributed by atoms with Crippen molar-refractivity contribution in [3.05, 3.63) is 72.3 Å². The van der Waals surface area contributed by atoms with Crippen LogP contribution in [0.5, 0.6) is 11.5 Å². The summed E-state index contributed by atoms with van der Waals surface area (Å²) >= 11 is 0. The van der Waals surface area contributed by atoms with E-state index in [1.54, 1.807) is 31.2 Å². The second kappa shape index (κ2) is 5.90. The van der Waals surface area contributed by atoms with E-state index in [-0.39, 0.29) is 0 Å². The summed E-state index contributed by atoms with van der Waals surface area (Å²) in [7, 11) is 0. The monoisotopic (exact) mass is 292 g/mol. The molecule has 0 aliphatic rings. The van der Waals surface area contributed by atoms with Crippen LogP contribution in [0.4, 0.5) is 0 Å². The molecule has 0 spiro atoms. The molecule has 22 heavy (non-hydrogen) atoms. The number of hydrogen-bond donors (Lipinski definition) is 1. The van der Waals surface area contributed by atoms with Crippen LogP contribution >= 0.6 is 0 Å². The summed E-state index contributed by atoms with van der Waals surface area (Å²) < 4.78 is 5.83. The number of ether oxygens (including phenoxy) is 1. The Labute approximate surface area is 128 Å². The molecule has 0 aliphatic heterocycles. The van der Waals surface area contributed by atoms with Gasteiger partial charge in [0.05, 0.1) is 5.92 Å². The minimum Gasteiger partial charge on any atom is -0.481 e. The summed E-state index contributed by atoms with van der Waals surface area (Å²) in [5.41, 5.74) is 0.762. The third-order valence-electron chi connectivity index (χ3n) is 3.71. The van der Waals surface area contributed by atoms with Crippen molar-refractivity contribution in [2.75, 3.05) is 0 Å². The highest BCUT2D eigenvalue weighted by Gasteiger charge is 2.13. The highest BCUT2D eigenvalue weighted by atomic mass is 16.5. The molecule has 1 unspecified atom stereocenters. The lowest BCUT2D eigenvalue weighted by molar-refractivity contribution is -0.138. The molecule has 0 radical (unpaired) electrons. The third kappa shape index (κ3) is 2.93. The van der Waals surface area contributed by atoms with Crippen LogP contribution in [0.2, 0.25) is 0 Å². The molecule has 0 saturated carbocycles. The van der Waals surface area contributed by atoms with E-state index in [4.69, 9.17) is 9.84 Å². The van der Waals surface area contributed by atoms with Crippen LogP contribution in [0.15, 0.2) is 66.7 Å². The summed E-state index contributed by atoms with van der Waals surface area (Å²) in [5, 5.41) is 11.3. The van der Waals surface area contributed by atoms with E-state index in [0.29, 0.717) is 5.75 Å². The minimum absolute atomic E-state index is 0.519. The molecular weight excluding hydrogens is 276 g/mol. The number of carbonyl (C=O) groups is 1. The molecule has 0 aromatic heterocycles. The van der Waals surface area contributed by atoms with Gasteiger partial charge >= 0.3 is 5.97 Å². The van der Waals surface area contributed by atoms with Crippen molar-refractivity contribution in [1.82, 2.24) is 0 Å². The zero-order valence-electron chi connectivity index (χ0n) is 12.2. The summed E-state index contributed by atoms with van der Waals surface area (Å²) in [6, 6.07) is 21.2. The summed E-state index contributed by atoms with van der Waals surface area (Å²) in [6.07, 6.45) is 0. The fraction of sp³-hybridized carbons (Fsp3) is 0.105. The maximum Gasteiger partial charge on any atom is 0.310 e. The Hall–Kier alpha value is -2.81. The molecule has 0 aliphatic carbocycles. The van der Waals surface area contributed by atoms with Gasteiger partial charge in [-0.25, -0.2) is 0 Å². The van der Waals surface area contributed by atoms with Crippen LogP contribution in [0.3, 0.4) is 0 Å². The molecule has 0 heterocycles. The SMILES string of the molecule is CC(C(=O)O)c1ccc(Oc2ccc3ccccc3c2)cc1. The Morgan fingerprint density at radius 1 is 0.909 bits per heavy atom. The molecule has 3 rings (SSSR count). The first-order chi connectivity index (χ1) is 10.6. The van der Waals surface area contributed by atoms with Gasteiger partial charge in [0, 0.05) is 0 Å². The van der Waals surface area contributed by atoms with E-state index in [1.165, 1.54) is 5.39 Å². The molecule has 3 nitrogen and oxygen atoms in total. The Bertz CT molecular complexity index is 806. The van der Waals surface area contributed by atoms with Crippen molar-refractivity contribution in [2.24, 2.45) is 0 Å². The van der Waals surface area contributed by atoms with E-state index in [9.17, 15) is 4.79 Å². The minimum atomic E-state index is -0.830. The predicted octanol–water partition coefficient (Wildman–Crippen LogP) is 4.82. The van der Waals surface area contributed by atoms with Crippen molar-refractivity contribution in [3.8, 4) is 11.5 Å². The number of aliphatic carboxylic acids is 1. The quantitative estimate of drug-likeness (QED) is 0.750. The van der Waals surface area contributed by atoms with Gasteiger partial charge in [-0.05, 0) is 47.5 Å². The van der Waals surface area contributed by atoms with E-state index < -0.39 is 11.9 Å². The van der Waals surface area contributed by atoms with Gasteiger partial charge < -0.3 is 9.84 Å². The zero-order chi connectivity index (χ0) is 15.5. The molecule has 0 bridgehead atoms. The van der Waals surface area contributed by atoms with Crippen molar-refractivity contribution < 1.29 is 14.6 Å². The van der Waals surface area contributed by atoms with Crippen molar-refractivity contribution in [1.29, 1.82) is 0 Å². The van der Waals surface area contributed by atoms with Gasteiger partial charge in [0.25, 0.3) is 0 Å². The number of hydrogen-bond acceptors (Lipinski definition) is 2. The molecule has 3 aromatic rings. The van der Waals surface area contributed by atoms with Crippen LogP contribution in [-0.4, -0.2) is 11.1 Å². The predicted molar refractivity (Wildman–Crippen MR) is 86.5 cm³/mol. The van der Waals surface area contributed by atoms with E-state index in [0.717, 1.165) is 16.7 Å². The average Bonchev–Trinajstić information content (AvgIpc) is 2.55. The Morgan fingerprint density at radius 3 is 2.23 bits per heavy atom. The van der Waals surface area contributed by atoms with Crippen LogP contribution in [0.1, 0.15) is 18.4 Å². The second-order valence-corrected chi connectivity index (χ2v) is 5.24. The molecule has 0 fully saturated rings. The molecule has 110 valence electrons. The zero-order valence-corrected chi connectivity index (χ0v) is 12.2. The van der Waals surface area contributed by atoms with E-state index >= 15 is 0 Å².